The van der Waals surface area contributed by atoms with Gasteiger partial charge in [0, 0.05) is 32.3 Å². The number of rotatable bonds is 3. The van der Waals surface area contributed by atoms with Crippen molar-refractivity contribution in [2.24, 2.45) is 13.0 Å². The number of hydrogen-bond acceptors (Lipinski definition) is 4. The second-order valence-corrected chi connectivity index (χ2v) is 6.67. The Morgan fingerprint density at radius 2 is 2.26 bits per heavy atom. The average Bonchev–Trinajstić information content (AvgIpc) is 3.11. The number of hydrogen-bond donors (Lipinski definition) is 1. The quantitative estimate of drug-likeness (QED) is 0.856. The molecule has 1 N–H and O–H groups in total. The van der Waals surface area contributed by atoms with Crippen LogP contribution in [-0.4, -0.2) is 40.1 Å². The molecular weight excluding hydrogens is 343 g/mol. The Labute approximate surface area is 140 Å². The zero-order valence-corrected chi connectivity index (χ0v) is 14.0. The summed E-state index contributed by atoms with van der Waals surface area (Å²) in [4.78, 5) is 26.4. The first-order valence-electron chi connectivity index (χ1n) is 6.86. The smallest absolute Gasteiger partial charge is 0.237 e. The summed E-state index contributed by atoms with van der Waals surface area (Å²) in [6, 6.07) is 3.11. The third-order valence-corrected chi connectivity index (χ3v) is 4.82. The van der Waals surface area contributed by atoms with Crippen LogP contribution in [0.2, 0.25) is 5.15 Å². The van der Waals surface area contributed by atoms with E-state index in [9.17, 15) is 14.0 Å². The summed E-state index contributed by atoms with van der Waals surface area (Å²) in [6.45, 7) is 0.374. The number of likely N-dealkylation sites (tertiary alicyclic amines) is 1. The summed E-state index contributed by atoms with van der Waals surface area (Å²) in [5, 5.41) is 7.89. The van der Waals surface area contributed by atoms with Crippen LogP contribution in [0.5, 0.6) is 0 Å². The van der Waals surface area contributed by atoms with Gasteiger partial charge in [-0.25, -0.2) is 0 Å². The largest absolute Gasteiger partial charge is 0.344 e. The topological polar surface area (TPSA) is 67.2 Å². The number of nitrogens with one attached hydrogen (secondary N) is 1. The molecule has 1 saturated heterocycles. The number of amides is 2. The van der Waals surface area contributed by atoms with Crippen molar-refractivity contribution >= 4 is 40.4 Å². The summed E-state index contributed by atoms with van der Waals surface area (Å²) in [5.74, 6) is -2.16. The van der Waals surface area contributed by atoms with Crippen molar-refractivity contribution in [2.75, 3.05) is 18.9 Å². The van der Waals surface area contributed by atoms with Gasteiger partial charge in [-0.1, -0.05) is 11.6 Å². The summed E-state index contributed by atoms with van der Waals surface area (Å²) in [6.07, 6.45) is 0. The second kappa shape index (κ2) is 5.93. The van der Waals surface area contributed by atoms with E-state index >= 15 is 0 Å². The SMILES string of the molecule is CN1C[C@H](c2cc(Cl)nn2C)[C@@H](C(=O)Nc2ccsc2F)C1=O. The number of halogens is 2. The highest BCUT2D eigenvalue weighted by atomic mass is 35.5. The Hall–Kier alpha value is -1.93. The second-order valence-electron chi connectivity index (χ2n) is 5.42. The number of aryl methyl sites for hydroxylation is 1. The molecule has 0 spiro atoms. The van der Waals surface area contributed by atoms with Crippen molar-refractivity contribution in [3.05, 3.63) is 33.5 Å². The zero-order chi connectivity index (χ0) is 16.7. The molecule has 3 heterocycles. The van der Waals surface area contributed by atoms with Crippen LogP contribution in [0.4, 0.5) is 10.1 Å². The Morgan fingerprint density at radius 1 is 1.52 bits per heavy atom. The van der Waals surface area contributed by atoms with Gasteiger partial charge in [0.1, 0.15) is 5.92 Å². The number of thiophene rings is 1. The Balaban J connectivity index is 1.90. The maximum atomic E-state index is 13.5. The van der Waals surface area contributed by atoms with Crippen LogP contribution in [-0.2, 0) is 16.6 Å². The maximum absolute atomic E-state index is 13.5. The van der Waals surface area contributed by atoms with Crippen molar-refractivity contribution in [1.82, 2.24) is 14.7 Å². The van der Waals surface area contributed by atoms with Gasteiger partial charge in [-0.05, 0) is 17.5 Å². The molecule has 0 aromatic carbocycles. The Bertz CT molecular complexity index is 775. The Kier molecular flexibility index (Phi) is 4.11. The monoisotopic (exact) mass is 356 g/mol. The predicted molar refractivity (Wildman–Crippen MR) is 85.0 cm³/mol. The normalized spacial score (nSPS) is 21.0. The van der Waals surface area contributed by atoms with Crippen LogP contribution >= 0.6 is 22.9 Å². The van der Waals surface area contributed by atoms with E-state index in [0.717, 1.165) is 11.3 Å². The molecule has 2 amide bonds. The van der Waals surface area contributed by atoms with Crippen LogP contribution in [0, 0.1) is 11.0 Å². The number of aromatic nitrogens is 2. The first-order chi connectivity index (χ1) is 10.9. The summed E-state index contributed by atoms with van der Waals surface area (Å²) >= 11 is 6.79. The number of anilines is 1. The molecule has 1 aliphatic heterocycles. The minimum absolute atomic E-state index is 0.0872. The van der Waals surface area contributed by atoms with Gasteiger partial charge in [0.15, 0.2) is 10.3 Å². The highest BCUT2D eigenvalue weighted by Gasteiger charge is 2.45. The van der Waals surface area contributed by atoms with E-state index in [-0.39, 0.29) is 17.5 Å². The number of nitrogens with zero attached hydrogens (tertiary/aromatic N) is 3. The molecule has 0 bridgehead atoms. The lowest BCUT2D eigenvalue weighted by molar-refractivity contribution is -0.135. The molecule has 1 aliphatic rings. The highest BCUT2D eigenvalue weighted by Crippen LogP contribution is 2.35. The van der Waals surface area contributed by atoms with Crippen molar-refractivity contribution in [3.8, 4) is 0 Å². The van der Waals surface area contributed by atoms with Crippen molar-refractivity contribution in [3.63, 3.8) is 0 Å². The fraction of sp³-hybridized carbons (Fsp3) is 0.357. The number of carbonyl (C=O) groups excluding carboxylic acids is 2. The van der Waals surface area contributed by atoms with Gasteiger partial charge in [-0.3, -0.25) is 14.3 Å². The number of carbonyl (C=O) groups is 2. The molecule has 2 aromatic rings. The fourth-order valence-corrected chi connectivity index (χ4v) is 3.64. The first-order valence-corrected chi connectivity index (χ1v) is 8.12. The molecule has 122 valence electrons. The molecule has 2 aromatic heterocycles. The number of likely N-dealkylation sites (N-methyl/N-ethyl adjacent to an activating group) is 1. The molecule has 2 atom stereocenters. The van der Waals surface area contributed by atoms with E-state index in [1.165, 1.54) is 16.3 Å². The van der Waals surface area contributed by atoms with E-state index in [1.54, 1.807) is 24.8 Å². The third-order valence-electron chi connectivity index (χ3n) is 3.94. The van der Waals surface area contributed by atoms with E-state index in [2.05, 4.69) is 10.4 Å². The van der Waals surface area contributed by atoms with Gasteiger partial charge in [0.2, 0.25) is 11.8 Å². The van der Waals surface area contributed by atoms with E-state index in [1.807, 2.05) is 0 Å². The van der Waals surface area contributed by atoms with Crippen molar-refractivity contribution in [1.29, 1.82) is 0 Å². The van der Waals surface area contributed by atoms with E-state index in [0.29, 0.717) is 17.4 Å². The standard InChI is InChI=1S/C14H14ClFN4O2S/c1-19-6-7(9-5-10(15)18-20(9)2)11(14(19)22)13(21)17-8-3-4-23-12(8)16/h3-5,7,11H,6H2,1-2H3,(H,17,21)/t7-,11+/m1/s1. The molecule has 3 rings (SSSR count). The van der Waals surface area contributed by atoms with Crippen molar-refractivity contribution < 1.29 is 14.0 Å². The molecule has 9 heteroatoms. The van der Waals surface area contributed by atoms with Gasteiger partial charge in [-0.2, -0.15) is 9.49 Å². The lowest BCUT2D eigenvalue weighted by Crippen LogP contribution is -2.33. The maximum Gasteiger partial charge on any atom is 0.237 e. The molecule has 0 radical (unpaired) electrons. The highest BCUT2D eigenvalue weighted by molar-refractivity contribution is 7.08. The summed E-state index contributed by atoms with van der Waals surface area (Å²) in [7, 11) is 3.34. The predicted octanol–water partition coefficient (Wildman–Crippen LogP) is 2.08. The van der Waals surface area contributed by atoms with Gasteiger partial charge < -0.3 is 10.2 Å². The fourth-order valence-electron chi connectivity index (χ4n) is 2.84. The third kappa shape index (κ3) is 2.84. The van der Waals surface area contributed by atoms with Crippen LogP contribution < -0.4 is 5.32 Å². The van der Waals surface area contributed by atoms with Crippen LogP contribution in [0.15, 0.2) is 17.5 Å². The molecule has 0 saturated carbocycles. The minimum Gasteiger partial charge on any atom is -0.344 e. The first kappa shape index (κ1) is 15.9. The average molecular weight is 357 g/mol. The van der Waals surface area contributed by atoms with Crippen LogP contribution in [0.1, 0.15) is 11.6 Å². The van der Waals surface area contributed by atoms with Gasteiger partial charge in [0.05, 0.1) is 5.69 Å². The lowest BCUT2D eigenvalue weighted by Gasteiger charge is -2.16. The van der Waals surface area contributed by atoms with E-state index in [4.69, 9.17) is 11.6 Å². The Morgan fingerprint density at radius 3 is 2.83 bits per heavy atom. The lowest BCUT2D eigenvalue weighted by atomic mass is 9.91. The summed E-state index contributed by atoms with van der Waals surface area (Å²) < 4.78 is 15.1. The van der Waals surface area contributed by atoms with Crippen molar-refractivity contribution in [2.45, 2.75) is 5.92 Å². The van der Waals surface area contributed by atoms with Gasteiger partial charge in [0.25, 0.3) is 0 Å². The summed E-state index contributed by atoms with van der Waals surface area (Å²) in [5.41, 5.74) is 0.780. The van der Waals surface area contributed by atoms with Gasteiger partial charge >= 0.3 is 0 Å². The van der Waals surface area contributed by atoms with Gasteiger partial charge in [-0.15, -0.1) is 11.3 Å². The molecule has 23 heavy (non-hydrogen) atoms. The molecule has 0 unspecified atom stereocenters. The molecule has 0 aliphatic carbocycles. The molecule has 6 nitrogen and oxygen atoms in total. The minimum atomic E-state index is -0.939. The van der Waals surface area contributed by atoms with Crippen LogP contribution in [0.25, 0.3) is 0 Å². The molecule has 1 fully saturated rings. The van der Waals surface area contributed by atoms with E-state index < -0.39 is 17.0 Å². The zero-order valence-electron chi connectivity index (χ0n) is 12.4. The van der Waals surface area contributed by atoms with Crippen LogP contribution in [0.3, 0.4) is 0 Å². The molecular formula is C14H14ClFN4O2S.